The molecule has 0 aliphatic heterocycles. The van der Waals surface area contributed by atoms with Crippen LogP contribution in [0.2, 0.25) is 0 Å². The van der Waals surface area contributed by atoms with Crippen molar-refractivity contribution in [2.45, 2.75) is 25.7 Å². The van der Waals surface area contributed by atoms with E-state index in [1.165, 1.54) is 25.7 Å². The molecular weight excluding hydrogens is 108 g/mol. The van der Waals surface area contributed by atoms with E-state index in [4.69, 9.17) is 0 Å². The molecule has 1 saturated carbocycles. The van der Waals surface area contributed by atoms with Crippen molar-refractivity contribution < 1.29 is 0 Å². The summed E-state index contributed by atoms with van der Waals surface area (Å²) in [4.78, 5) is 0. The van der Waals surface area contributed by atoms with Crippen LogP contribution >= 0.6 is 0 Å². The van der Waals surface area contributed by atoms with Crippen LogP contribution in [0.15, 0.2) is 23.8 Å². The highest BCUT2D eigenvalue weighted by Crippen LogP contribution is 2.44. The lowest BCUT2D eigenvalue weighted by Crippen LogP contribution is -1.91. The van der Waals surface area contributed by atoms with Gasteiger partial charge < -0.3 is 0 Å². The molecule has 2 bridgehead atoms. The van der Waals surface area contributed by atoms with Crippen LogP contribution < -0.4 is 0 Å². The van der Waals surface area contributed by atoms with Crippen molar-refractivity contribution in [1.29, 1.82) is 0 Å². The monoisotopic (exact) mass is 120 g/mol. The van der Waals surface area contributed by atoms with Crippen molar-refractivity contribution in [3.8, 4) is 0 Å². The molecule has 1 fully saturated rings. The molecule has 2 aliphatic rings. The maximum atomic E-state index is 3.80. The Morgan fingerprint density at radius 1 is 1.44 bits per heavy atom. The Balaban J connectivity index is 2.32. The lowest BCUT2D eigenvalue weighted by Gasteiger charge is -2.06. The fraction of sp³-hybridized carbons (Fsp3) is 0.556. The molecule has 0 unspecified atom stereocenters. The maximum absolute atomic E-state index is 3.80. The first-order valence-corrected chi connectivity index (χ1v) is 3.73. The van der Waals surface area contributed by atoms with Gasteiger partial charge in [-0.25, -0.2) is 0 Å². The average molecular weight is 120 g/mol. The molecule has 48 valence electrons. The molecule has 9 heavy (non-hydrogen) atoms. The Hall–Kier alpha value is -0.520. The Morgan fingerprint density at radius 2 is 2.33 bits per heavy atom. The predicted molar refractivity (Wildman–Crippen MR) is 39.2 cm³/mol. The Bertz CT molecular complexity index is 174. The van der Waals surface area contributed by atoms with Gasteiger partial charge in [-0.15, -0.1) is 0 Å². The third-order valence-corrected chi connectivity index (χ3v) is 2.60. The minimum atomic E-state index is 1.01. The SMILES string of the molecule is C=CC1=C2CC[C@H](C1)C2. The van der Waals surface area contributed by atoms with Gasteiger partial charge in [0.1, 0.15) is 0 Å². The third kappa shape index (κ3) is 0.658. The molecule has 0 saturated heterocycles. The zero-order valence-electron chi connectivity index (χ0n) is 5.69. The molecule has 0 spiro atoms. The van der Waals surface area contributed by atoms with Gasteiger partial charge in [0.15, 0.2) is 0 Å². The molecule has 2 rings (SSSR count). The van der Waals surface area contributed by atoms with E-state index in [0.717, 1.165) is 5.92 Å². The summed E-state index contributed by atoms with van der Waals surface area (Å²) in [5, 5.41) is 0. The van der Waals surface area contributed by atoms with E-state index in [1.54, 1.807) is 11.1 Å². The van der Waals surface area contributed by atoms with E-state index in [0.29, 0.717) is 0 Å². The van der Waals surface area contributed by atoms with Gasteiger partial charge >= 0.3 is 0 Å². The van der Waals surface area contributed by atoms with Crippen LogP contribution in [0.5, 0.6) is 0 Å². The van der Waals surface area contributed by atoms with Gasteiger partial charge in [-0.2, -0.15) is 0 Å². The topological polar surface area (TPSA) is 0 Å². The summed E-state index contributed by atoms with van der Waals surface area (Å²) >= 11 is 0. The van der Waals surface area contributed by atoms with Crippen molar-refractivity contribution in [2.75, 3.05) is 0 Å². The zero-order valence-corrected chi connectivity index (χ0v) is 5.69. The van der Waals surface area contributed by atoms with Gasteiger partial charge in [0, 0.05) is 0 Å². The molecule has 0 heteroatoms. The smallest absolute Gasteiger partial charge is 0.0248 e. The maximum Gasteiger partial charge on any atom is -0.0248 e. The first kappa shape index (κ1) is 5.28. The zero-order chi connectivity index (χ0) is 6.27. The molecule has 0 nitrogen and oxygen atoms in total. The van der Waals surface area contributed by atoms with Gasteiger partial charge in [0.05, 0.1) is 0 Å². The van der Waals surface area contributed by atoms with E-state index in [1.807, 2.05) is 0 Å². The number of hydrogen-bond acceptors (Lipinski definition) is 0. The second-order valence-corrected chi connectivity index (χ2v) is 3.15. The predicted octanol–water partition coefficient (Wildman–Crippen LogP) is 2.67. The second-order valence-electron chi connectivity index (χ2n) is 3.15. The average Bonchev–Trinajstić information content (AvgIpc) is 2.45. The van der Waals surface area contributed by atoms with Gasteiger partial charge in [-0.3, -0.25) is 0 Å². The lowest BCUT2D eigenvalue weighted by molar-refractivity contribution is 0.568. The molecule has 0 aromatic heterocycles. The van der Waals surface area contributed by atoms with Crippen LogP contribution in [-0.4, -0.2) is 0 Å². The highest BCUT2D eigenvalue weighted by molar-refractivity contribution is 5.32. The van der Waals surface area contributed by atoms with Gasteiger partial charge in [0.2, 0.25) is 0 Å². The summed E-state index contributed by atoms with van der Waals surface area (Å²) in [7, 11) is 0. The standard InChI is InChI=1S/C9H12/c1-2-8-5-7-3-4-9(8)6-7/h2,7H,1,3-6H2/t7-/m1/s1. The van der Waals surface area contributed by atoms with Crippen molar-refractivity contribution in [3.05, 3.63) is 23.8 Å². The number of hydrogen-bond donors (Lipinski definition) is 0. The van der Waals surface area contributed by atoms with Crippen molar-refractivity contribution >= 4 is 0 Å². The largest absolute Gasteiger partial charge is 0.0988 e. The Kier molecular flexibility index (Phi) is 1.01. The van der Waals surface area contributed by atoms with Crippen molar-refractivity contribution in [1.82, 2.24) is 0 Å². The Labute approximate surface area is 56.3 Å². The summed E-state index contributed by atoms with van der Waals surface area (Å²) < 4.78 is 0. The summed E-state index contributed by atoms with van der Waals surface area (Å²) in [6.45, 7) is 3.80. The van der Waals surface area contributed by atoms with E-state index < -0.39 is 0 Å². The highest BCUT2D eigenvalue weighted by Gasteiger charge is 2.28. The summed E-state index contributed by atoms with van der Waals surface area (Å²) in [6.07, 6.45) is 7.59. The fourth-order valence-electron chi connectivity index (χ4n) is 2.08. The first-order valence-electron chi connectivity index (χ1n) is 3.73. The molecule has 0 aromatic carbocycles. The van der Waals surface area contributed by atoms with Crippen LogP contribution in [0.4, 0.5) is 0 Å². The minimum Gasteiger partial charge on any atom is -0.0988 e. The number of allylic oxidation sites excluding steroid dienone is 3. The Morgan fingerprint density at radius 3 is 2.67 bits per heavy atom. The van der Waals surface area contributed by atoms with Gasteiger partial charge in [-0.1, -0.05) is 18.2 Å². The van der Waals surface area contributed by atoms with Crippen LogP contribution in [0.25, 0.3) is 0 Å². The molecule has 0 aromatic rings. The second kappa shape index (κ2) is 1.73. The van der Waals surface area contributed by atoms with Gasteiger partial charge in [0.25, 0.3) is 0 Å². The lowest BCUT2D eigenvalue weighted by atomic mass is 9.99. The molecule has 0 heterocycles. The number of fused-ring (bicyclic) bond motifs is 2. The first-order chi connectivity index (χ1) is 4.40. The molecule has 2 aliphatic carbocycles. The van der Waals surface area contributed by atoms with Crippen molar-refractivity contribution in [2.24, 2.45) is 5.92 Å². The molecular formula is C9H12. The molecule has 0 amide bonds. The van der Waals surface area contributed by atoms with Gasteiger partial charge in [-0.05, 0) is 37.2 Å². The number of rotatable bonds is 1. The minimum absolute atomic E-state index is 1.01. The molecule has 0 N–H and O–H groups in total. The fourth-order valence-corrected chi connectivity index (χ4v) is 2.08. The van der Waals surface area contributed by atoms with E-state index in [-0.39, 0.29) is 0 Å². The van der Waals surface area contributed by atoms with E-state index >= 15 is 0 Å². The quantitative estimate of drug-likeness (QED) is 0.499. The summed E-state index contributed by atoms with van der Waals surface area (Å²) in [5.74, 6) is 1.01. The van der Waals surface area contributed by atoms with Crippen LogP contribution in [0.3, 0.4) is 0 Å². The van der Waals surface area contributed by atoms with Crippen molar-refractivity contribution in [3.63, 3.8) is 0 Å². The van der Waals surface area contributed by atoms with Crippen LogP contribution in [0.1, 0.15) is 25.7 Å². The summed E-state index contributed by atoms with van der Waals surface area (Å²) in [5.41, 5.74) is 3.27. The van der Waals surface area contributed by atoms with E-state index in [9.17, 15) is 0 Å². The summed E-state index contributed by atoms with van der Waals surface area (Å²) in [6, 6.07) is 0. The highest BCUT2D eigenvalue weighted by atomic mass is 14.3. The molecule has 0 radical (unpaired) electrons. The van der Waals surface area contributed by atoms with E-state index in [2.05, 4.69) is 12.7 Å². The third-order valence-electron chi connectivity index (χ3n) is 2.60. The normalized spacial score (nSPS) is 31.8. The molecule has 1 atom stereocenters. The van der Waals surface area contributed by atoms with Crippen LogP contribution in [-0.2, 0) is 0 Å². The van der Waals surface area contributed by atoms with Crippen LogP contribution in [0, 0.1) is 5.92 Å².